The first-order chi connectivity index (χ1) is 9.10. The molecule has 0 aromatic carbocycles. The van der Waals surface area contributed by atoms with Gasteiger partial charge in [-0.2, -0.15) is 0 Å². The van der Waals surface area contributed by atoms with Crippen molar-refractivity contribution in [3.05, 3.63) is 17.0 Å². The van der Waals surface area contributed by atoms with Crippen molar-refractivity contribution in [2.45, 2.75) is 37.4 Å². The van der Waals surface area contributed by atoms with Crippen LogP contribution in [0.3, 0.4) is 0 Å². The molecule has 0 atom stereocenters. The summed E-state index contributed by atoms with van der Waals surface area (Å²) in [5, 5.41) is 3.00. The molecule has 1 rings (SSSR count). The molecule has 6 nitrogen and oxygen atoms in total. The van der Waals surface area contributed by atoms with E-state index in [4.69, 9.17) is 5.73 Å². The van der Waals surface area contributed by atoms with Gasteiger partial charge in [0.15, 0.2) is 5.96 Å². The Kier molecular flexibility index (Phi) is 8.14. The number of rotatable bonds is 5. The second kappa shape index (κ2) is 8.30. The Balaban J connectivity index is 0.00000400. The third-order valence-corrected chi connectivity index (χ3v) is 5.12. The Bertz CT molecular complexity index is 576. The highest BCUT2D eigenvalue weighted by Gasteiger charge is 2.15. The fourth-order valence-corrected chi connectivity index (χ4v) is 3.76. The summed E-state index contributed by atoms with van der Waals surface area (Å²) in [7, 11) is -3.43. The monoisotopic (exact) mass is 446 g/mol. The normalized spacial score (nSPS) is 12.9. The van der Waals surface area contributed by atoms with Gasteiger partial charge in [-0.05, 0) is 39.8 Å². The molecular formula is C12H23IN4O2S2. The molecule has 0 saturated carbocycles. The van der Waals surface area contributed by atoms with Gasteiger partial charge in [-0.25, -0.2) is 13.1 Å². The minimum Gasteiger partial charge on any atom is -0.370 e. The number of halogens is 1. The Hall–Kier alpha value is -0.390. The highest BCUT2D eigenvalue weighted by Crippen LogP contribution is 2.19. The number of aryl methyl sites for hydroxylation is 1. The molecule has 0 unspecified atom stereocenters. The van der Waals surface area contributed by atoms with Gasteiger partial charge in [0.25, 0.3) is 0 Å². The van der Waals surface area contributed by atoms with Crippen molar-refractivity contribution in [1.82, 2.24) is 10.0 Å². The van der Waals surface area contributed by atoms with Gasteiger partial charge >= 0.3 is 0 Å². The number of hydrogen-bond donors (Lipinski definition) is 3. The summed E-state index contributed by atoms with van der Waals surface area (Å²) in [6.07, 6.45) is 0. The Morgan fingerprint density at radius 3 is 2.48 bits per heavy atom. The molecule has 1 heterocycles. The predicted octanol–water partition coefficient (Wildman–Crippen LogP) is 1.66. The van der Waals surface area contributed by atoms with E-state index in [-0.39, 0.29) is 36.1 Å². The Morgan fingerprint density at radius 1 is 1.38 bits per heavy atom. The minimum absolute atomic E-state index is 0. The summed E-state index contributed by atoms with van der Waals surface area (Å²) < 4.78 is 26.7. The van der Waals surface area contributed by atoms with Gasteiger partial charge in [0, 0.05) is 17.0 Å². The number of aliphatic imine (C=N–C) groups is 1. The first kappa shape index (κ1) is 20.6. The van der Waals surface area contributed by atoms with E-state index in [0.29, 0.717) is 16.7 Å². The van der Waals surface area contributed by atoms with Gasteiger partial charge in [0.05, 0.1) is 6.54 Å². The Morgan fingerprint density at radius 2 is 2.00 bits per heavy atom. The molecule has 0 spiro atoms. The largest absolute Gasteiger partial charge is 0.370 e. The number of thiophene rings is 1. The van der Waals surface area contributed by atoms with E-state index < -0.39 is 10.0 Å². The van der Waals surface area contributed by atoms with Crippen molar-refractivity contribution in [2.24, 2.45) is 10.7 Å². The van der Waals surface area contributed by atoms with Crippen LogP contribution in [0.15, 0.2) is 21.3 Å². The number of nitrogens with zero attached hydrogens (tertiary/aromatic N) is 1. The van der Waals surface area contributed by atoms with Gasteiger partial charge < -0.3 is 11.1 Å². The average Bonchev–Trinajstić information content (AvgIpc) is 2.70. The Labute approximate surface area is 147 Å². The number of guanidine groups is 1. The molecule has 0 fully saturated rings. The maximum absolute atomic E-state index is 11.9. The lowest BCUT2D eigenvalue weighted by atomic mass is 10.1. The summed E-state index contributed by atoms with van der Waals surface area (Å²) in [6, 6.07) is 3.38. The molecule has 21 heavy (non-hydrogen) atoms. The zero-order chi connectivity index (χ0) is 15.4. The van der Waals surface area contributed by atoms with Crippen molar-refractivity contribution in [3.8, 4) is 0 Å². The maximum atomic E-state index is 11.9. The first-order valence-electron chi connectivity index (χ1n) is 6.24. The topological polar surface area (TPSA) is 96.6 Å². The molecule has 0 radical (unpaired) electrons. The molecule has 122 valence electrons. The van der Waals surface area contributed by atoms with Crippen LogP contribution < -0.4 is 15.8 Å². The zero-order valence-electron chi connectivity index (χ0n) is 12.6. The predicted molar refractivity (Wildman–Crippen MR) is 99.0 cm³/mol. The minimum atomic E-state index is -3.43. The molecular weight excluding hydrogens is 423 g/mol. The molecule has 9 heteroatoms. The summed E-state index contributed by atoms with van der Waals surface area (Å²) in [5.74, 6) is 0.309. The van der Waals surface area contributed by atoms with Crippen LogP contribution in [0.1, 0.15) is 25.6 Å². The van der Waals surface area contributed by atoms with Gasteiger partial charge in [-0.15, -0.1) is 35.3 Å². The summed E-state index contributed by atoms with van der Waals surface area (Å²) in [4.78, 5) is 5.03. The number of hydrogen-bond acceptors (Lipinski definition) is 4. The van der Waals surface area contributed by atoms with Crippen LogP contribution >= 0.6 is 35.3 Å². The van der Waals surface area contributed by atoms with Crippen LogP contribution in [0.25, 0.3) is 0 Å². The highest BCUT2D eigenvalue weighted by molar-refractivity contribution is 14.0. The van der Waals surface area contributed by atoms with E-state index in [2.05, 4.69) is 15.0 Å². The molecule has 0 amide bonds. The van der Waals surface area contributed by atoms with Crippen molar-refractivity contribution >= 4 is 51.3 Å². The average molecular weight is 446 g/mol. The van der Waals surface area contributed by atoms with Crippen molar-refractivity contribution in [1.29, 1.82) is 0 Å². The fraction of sp³-hybridized carbons (Fsp3) is 0.583. The lowest BCUT2D eigenvalue weighted by Crippen LogP contribution is -2.45. The molecule has 0 bridgehead atoms. The van der Waals surface area contributed by atoms with Crippen LogP contribution in [-0.4, -0.2) is 33.0 Å². The van der Waals surface area contributed by atoms with Gasteiger partial charge in [-0.3, -0.25) is 4.99 Å². The van der Waals surface area contributed by atoms with E-state index in [0.717, 1.165) is 4.88 Å². The van der Waals surface area contributed by atoms with Crippen LogP contribution in [0, 0.1) is 6.92 Å². The van der Waals surface area contributed by atoms with E-state index in [1.807, 2.05) is 27.7 Å². The van der Waals surface area contributed by atoms with Crippen LogP contribution in [-0.2, 0) is 10.0 Å². The standard InChI is InChI=1S/C12H22N4O2S2.HI/c1-9-5-6-10(19-9)20(17,18)15-8-7-14-11(13)16-12(2,3)4;/h5-6,15H,7-8H2,1-4H3,(H3,13,14,16);1H. The zero-order valence-corrected chi connectivity index (χ0v) is 16.6. The molecule has 0 saturated heterocycles. The van der Waals surface area contributed by atoms with Crippen LogP contribution in [0.5, 0.6) is 0 Å². The summed E-state index contributed by atoms with van der Waals surface area (Å²) >= 11 is 1.24. The summed E-state index contributed by atoms with van der Waals surface area (Å²) in [5.41, 5.74) is 5.52. The molecule has 0 aliphatic heterocycles. The van der Waals surface area contributed by atoms with Crippen LogP contribution in [0.2, 0.25) is 0 Å². The molecule has 4 N–H and O–H groups in total. The fourth-order valence-electron chi connectivity index (χ4n) is 1.41. The number of nitrogens with one attached hydrogen (secondary N) is 2. The number of sulfonamides is 1. The first-order valence-corrected chi connectivity index (χ1v) is 8.54. The van der Waals surface area contributed by atoms with Gasteiger partial charge in [0.2, 0.25) is 10.0 Å². The van der Waals surface area contributed by atoms with E-state index >= 15 is 0 Å². The molecule has 0 aliphatic carbocycles. The van der Waals surface area contributed by atoms with Crippen LogP contribution in [0.4, 0.5) is 0 Å². The molecule has 0 aliphatic rings. The molecule has 1 aromatic rings. The van der Waals surface area contributed by atoms with Crippen molar-refractivity contribution in [3.63, 3.8) is 0 Å². The molecule has 1 aromatic heterocycles. The smallest absolute Gasteiger partial charge is 0.250 e. The van der Waals surface area contributed by atoms with Crippen molar-refractivity contribution in [2.75, 3.05) is 13.1 Å². The third-order valence-electron chi connectivity index (χ3n) is 2.17. The van der Waals surface area contributed by atoms with Gasteiger partial charge in [-0.1, -0.05) is 0 Å². The van der Waals surface area contributed by atoms with E-state index in [9.17, 15) is 8.42 Å². The SMILES string of the molecule is Cc1ccc(S(=O)(=O)NCCN=C(N)NC(C)(C)C)s1.I. The van der Waals surface area contributed by atoms with Crippen molar-refractivity contribution < 1.29 is 8.42 Å². The number of nitrogens with two attached hydrogens (primary N) is 1. The van der Waals surface area contributed by atoms with E-state index in [1.54, 1.807) is 12.1 Å². The summed E-state index contributed by atoms with van der Waals surface area (Å²) in [6.45, 7) is 8.28. The second-order valence-electron chi connectivity index (χ2n) is 5.40. The second-order valence-corrected chi connectivity index (χ2v) is 8.69. The van der Waals surface area contributed by atoms with E-state index in [1.165, 1.54) is 11.3 Å². The lowest BCUT2D eigenvalue weighted by molar-refractivity contribution is 0.508. The van der Waals surface area contributed by atoms with Gasteiger partial charge in [0.1, 0.15) is 4.21 Å². The third kappa shape index (κ3) is 7.98. The lowest BCUT2D eigenvalue weighted by Gasteiger charge is -2.20. The maximum Gasteiger partial charge on any atom is 0.250 e. The quantitative estimate of drug-likeness (QED) is 0.277. The highest BCUT2D eigenvalue weighted by atomic mass is 127.